The summed E-state index contributed by atoms with van der Waals surface area (Å²) in [6, 6.07) is 9.81. The molecule has 0 aliphatic carbocycles. The highest BCUT2D eigenvalue weighted by Gasteiger charge is 2.29. The van der Waals surface area contributed by atoms with E-state index in [4.69, 9.17) is 21.2 Å². The number of pyridine rings is 1. The smallest absolute Gasteiger partial charge is 0.222 e. The van der Waals surface area contributed by atoms with E-state index in [2.05, 4.69) is 30.0 Å². The van der Waals surface area contributed by atoms with Crippen LogP contribution in [0, 0.1) is 0 Å². The zero-order valence-corrected chi connectivity index (χ0v) is 17.2. The van der Waals surface area contributed by atoms with Crippen LogP contribution in [0.2, 0.25) is 0 Å². The number of H-pyrrole nitrogens is 1. The quantitative estimate of drug-likeness (QED) is 0.451. The minimum Gasteiger partial charge on any atom is -0.382 e. The van der Waals surface area contributed by atoms with Gasteiger partial charge in [0.1, 0.15) is 11.9 Å². The van der Waals surface area contributed by atoms with E-state index in [9.17, 15) is 0 Å². The molecule has 0 amide bonds. The molecule has 0 spiro atoms. The molecular weight excluding hydrogens is 406 g/mol. The number of morpholine rings is 1. The van der Waals surface area contributed by atoms with Crippen LogP contribution >= 0.6 is 0 Å². The average molecular weight is 427 g/mol. The van der Waals surface area contributed by atoms with E-state index in [1.165, 1.54) is 5.56 Å². The highest BCUT2D eigenvalue weighted by molar-refractivity contribution is 5.97. The van der Waals surface area contributed by atoms with Crippen LogP contribution in [0.5, 0.6) is 0 Å². The molecule has 0 bridgehead atoms. The number of nitrogen functional groups attached to an aromatic ring is 2. The third-order valence-corrected chi connectivity index (χ3v) is 5.90. The van der Waals surface area contributed by atoms with Crippen molar-refractivity contribution in [2.45, 2.75) is 12.5 Å². The van der Waals surface area contributed by atoms with E-state index < -0.39 is 0 Å². The van der Waals surface area contributed by atoms with Gasteiger partial charge in [-0.15, -0.1) is 0 Å². The van der Waals surface area contributed by atoms with Gasteiger partial charge in [0.15, 0.2) is 5.82 Å². The number of hydrogen-bond acceptors (Lipinski definition) is 9. The molecule has 4 aromatic rings. The number of ether oxygens (including phenoxy) is 1. The van der Waals surface area contributed by atoms with Gasteiger partial charge < -0.3 is 21.1 Å². The van der Waals surface area contributed by atoms with Crippen molar-refractivity contribution in [1.29, 1.82) is 0 Å². The number of aliphatic imine (C=N–C) groups is 1. The Balaban J connectivity index is 1.28. The Morgan fingerprint density at radius 3 is 2.97 bits per heavy atom. The molecule has 10 heteroatoms. The zero-order chi connectivity index (χ0) is 21.7. The molecule has 1 saturated heterocycles. The van der Waals surface area contributed by atoms with E-state index in [1.54, 1.807) is 12.4 Å². The second kappa shape index (κ2) is 7.27. The molecule has 2 aliphatic heterocycles. The van der Waals surface area contributed by atoms with E-state index in [0.29, 0.717) is 25.5 Å². The van der Waals surface area contributed by atoms with E-state index in [0.717, 1.165) is 45.8 Å². The first-order valence-corrected chi connectivity index (χ1v) is 10.4. The van der Waals surface area contributed by atoms with Crippen LogP contribution in [-0.4, -0.2) is 56.7 Å². The summed E-state index contributed by atoms with van der Waals surface area (Å²) >= 11 is 0. The van der Waals surface area contributed by atoms with Gasteiger partial charge in [-0.3, -0.25) is 15.1 Å². The Bertz CT molecular complexity index is 1360. The molecule has 3 aromatic heterocycles. The molecule has 0 radical (unpaired) electrons. The molecule has 1 unspecified atom stereocenters. The molecule has 10 nitrogen and oxygen atoms in total. The lowest BCUT2D eigenvalue weighted by atomic mass is 10.1. The minimum atomic E-state index is -0.111. The number of hydrogen-bond donors (Lipinski definition) is 3. The number of nitrogens with two attached hydrogens (primary N) is 2. The van der Waals surface area contributed by atoms with Crippen molar-refractivity contribution in [2.24, 2.45) is 4.99 Å². The second-order valence-corrected chi connectivity index (χ2v) is 7.93. The Morgan fingerprint density at radius 2 is 2.06 bits per heavy atom. The van der Waals surface area contributed by atoms with E-state index in [1.807, 2.05) is 30.3 Å². The van der Waals surface area contributed by atoms with E-state index in [-0.39, 0.29) is 12.1 Å². The summed E-state index contributed by atoms with van der Waals surface area (Å²) in [6.07, 6.45) is 4.26. The molecule has 32 heavy (non-hydrogen) atoms. The van der Waals surface area contributed by atoms with E-state index >= 15 is 0 Å². The summed E-state index contributed by atoms with van der Waals surface area (Å²) in [5, 5.41) is 7.87. The van der Waals surface area contributed by atoms with Crippen molar-refractivity contribution in [3.63, 3.8) is 0 Å². The van der Waals surface area contributed by atoms with Crippen molar-refractivity contribution >= 4 is 39.9 Å². The summed E-state index contributed by atoms with van der Waals surface area (Å²) in [5.41, 5.74) is 17.6. The topological polar surface area (TPSA) is 144 Å². The van der Waals surface area contributed by atoms with Crippen LogP contribution in [0.25, 0.3) is 22.2 Å². The average Bonchev–Trinajstić information content (AvgIpc) is 3.42. The maximum Gasteiger partial charge on any atom is 0.222 e. The van der Waals surface area contributed by atoms with Gasteiger partial charge in [0, 0.05) is 36.2 Å². The molecule has 160 valence electrons. The third kappa shape index (κ3) is 3.21. The van der Waals surface area contributed by atoms with Crippen LogP contribution in [0.4, 0.5) is 23.3 Å². The van der Waals surface area contributed by atoms with Crippen molar-refractivity contribution < 1.29 is 4.74 Å². The predicted molar refractivity (Wildman–Crippen MR) is 123 cm³/mol. The molecule has 2 aliphatic rings. The number of fused-ring (bicyclic) bond motifs is 2. The number of aromatic amines is 1. The number of nitrogens with one attached hydrogen (secondary N) is 1. The summed E-state index contributed by atoms with van der Waals surface area (Å²) in [4.78, 5) is 20.0. The number of aromatic nitrogens is 5. The summed E-state index contributed by atoms with van der Waals surface area (Å²) in [7, 11) is 0. The first-order valence-electron chi connectivity index (χ1n) is 10.4. The first kappa shape index (κ1) is 18.7. The van der Waals surface area contributed by atoms with Gasteiger partial charge in [-0.05, 0) is 23.8 Å². The van der Waals surface area contributed by atoms with Crippen LogP contribution in [0.3, 0.4) is 0 Å². The highest BCUT2D eigenvalue weighted by Crippen LogP contribution is 2.30. The van der Waals surface area contributed by atoms with Gasteiger partial charge >= 0.3 is 0 Å². The molecule has 1 atom stereocenters. The van der Waals surface area contributed by atoms with Gasteiger partial charge in [0.2, 0.25) is 5.95 Å². The van der Waals surface area contributed by atoms with Crippen molar-refractivity contribution in [3.05, 3.63) is 48.3 Å². The van der Waals surface area contributed by atoms with Crippen molar-refractivity contribution in [1.82, 2.24) is 25.1 Å². The summed E-state index contributed by atoms with van der Waals surface area (Å²) in [5.74, 6) is 1.46. The van der Waals surface area contributed by atoms with Gasteiger partial charge in [-0.1, -0.05) is 6.07 Å². The lowest BCUT2D eigenvalue weighted by Gasteiger charge is -2.34. The predicted octanol–water partition coefficient (Wildman–Crippen LogP) is 2.11. The van der Waals surface area contributed by atoms with Crippen molar-refractivity contribution in [2.75, 3.05) is 36.1 Å². The molecule has 5 heterocycles. The van der Waals surface area contributed by atoms with Crippen LogP contribution in [0.1, 0.15) is 5.56 Å². The van der Waals surface area contributed by atoms with Crippen LogP contribution in [0.15, 0.2) is 47.7 Å². The van der Waals surface area contributed by atoms with Gasteiger partial charge in [0.05, 0.1) is 42.0 Å². The summed E-state index contributed by atoms with van der Waals surface area (Å²) < 4.78 is 6.05. The van der Waals surface area contributed by atoms with Crippen LogP contribution in [-0.2, 0) is 11.2 Å². The summed E-state index contributed by atoms with van der Waals surface area (Å²) in [6.45, 7) is 1.94. The molecule has 6 rings (SSSR count). The maximum absolute atomic E-state index is 6.08. The number of anilines is 3. The fraction of sp³-hybridized carbons (Fsp3) is 0.227. The lowest BCUT2D eigenvalue weighted by Crippen LogP contribution is -2.46. The minimum absolute atomic E-state index is 0.111. The molecule has 0 saturated carbocycles. The maximum atomic E-state index is 6.08. The molecule has 5 N–H and O–H groups in total. The first-order chi connectivity index (χ1) is 15.6. The van der Waals surface area contributed by atoms with Gasteiger partial charge in [0.25, 0.3) is 0 Å². The Kier molecular flexibility index (Phi) is 4.25. The van der Waals surface area contributed by atoms with Gasteiger partial charge in [-0.25, -0.2) is 4.98 Å². The fourth-order valence-electron chi connectivity index (χ4n) is 4.26. The Morgan fingerprint density at radius 1 is 1.12 bits per heavy atom. The second-order valence-electron chi connectivity index (χ2n) is 7.93. The largest absolute Gasteiger partial charge is 0.382 e. The van der Waals surface area contributed by atoms with Crippen LogP contribution < -0.4 is 16.4 Å². The zero-order valence-electron chi connectivity index (χ0n) is 17.2. The highest BCUT2D eigenvalue weighted by atomic mass is 16.5. The number of rotatable bonds is 3. The molecule has 1 fully saturated rings. The number of nitrogens with zero attached hydrogens (tertiary/aromatic N) is 6. The monoisotopic (exact) mass is 427 g/mol. The SMILES string of the molecule is Nc1nc(-c2ccc3c(N)n[nH]c3c2)cc(N2CCOC(C3=Nc4cnccc4C3)C2)n1. The molecule has 1 aromatic carbocycles. The fourth-order valence-corrected chi connectivity index (χ4v) is 4.26. The standard InChI is InChI=1S/C22H21N9O/c23-21-14-2-1-12(7-16(14)29-30-21)15-9-20(28-22(24)27-15)31-5-6-32-19(11-31)17-8-13-3-4-25-10-18(13)26-17/h1-4,7,9-10,19H,5-6,8,11H2,(H3,23,29,30)(H2,24,27,28). The normalized spacial score (nSPS) is 18.1. The third-order valence-electron chi connectivity index (χ3n) is 5.90. The van der Waals surface area contributed by atoms with Crippen molar-refractivity contribution in [3.8, 4) is 11.3 Å². The Labute approximate surface area is 183 Å². The van der Waals surface area contributed by atoms with Gasteiger partial charge in [-0.2, -0.15) is 10.1 Å². The number of benzene rings is 1. The Hall–Kier alpha value is -4.05. The lowest BCUT2D eigenvalue weighted by molar-refractivity contribution is 0.0829. The molecular formula is C22H21N9O.